The molecule has 0 spiro atoms. The molecule has 7 aliphatic rings. The van der Waals surface area contributed by atoms with Crippen LogP contribution in [0.15, 0.2) is 22.0 Å². The Morgan fingerprint density at radius 3 is 1.70 bits per heavy atom. The van der Waals surface area contributed by atoms with Crippen molar-refractivity contribution >= 4 is 33.3 Å². The van der Waals surface area contributed by atoms with Gasteiger partial charge >= 0.3 is 0 Å². The molecule has 7 rings (SSSR count). The first-order valence-electron chi connectivity index (χ1n) is 18.5. The normalized spacial score (nSPS) is 39.2. The Bertz CT molecular complexity index is 1040. The van der Waals surface area contributed by atoms with Gasteiger partial charge in [0, 0.05) is 11.1 Å². The molecule has 0 aromatic heterocycles. The summed E-state index contributed by atoms with van der Waals surface area (Å²) in [5.41, 5.74) is 2.93. The number of nitrogens with one attached hydrogen (secondary N) is 2. The van der Waals surface area contributed by atoms with E-state index in [2.05, 4.69) is 86.0 Å². The van der Waals surface area contributed by atoms with Crippen molar-refractivity contribution in [1.29, 1.82) is 0 Å². The van der Waals surface area contributed by atoms with Crippen LogP contribution in [0.1, 0.15) is 78.6 Å². The highest BCUT2D eigenvalue weighted by Gasteiger charge is 2.56. The monoisotopic (exact) mass is 658 g/mol. The Hall–Kier alpha value is 0.694. The minimum Gasteiger partial charge on any atom is -0.316 e. The third-order valence-electron chi connectivity index (χ3n) is 13.2. The van der Waals surface area contributed by atoms with Gasteiger partial charge in [0.2, 0.25) is 0 Å². The van der Waals surface area contributed by atoms with E-state index in [1.165, 1.54) is 58.0 Å². The molecule has 0 aromatic rings. The summed E-state index contributed by atoms with van der Waals surface area (Å²) in [6.45, 7) is 29.0. The molecule has 6 heteroatoms. The van der Waals surface area contributed by atoms with Crippen molar-refractivity contribution in [2.75, 3.05) is 32.3 Å². The lowest BCUT2D eigenvalue weighted by atomic mass is 9.56. The molecule has 6 fully saturated rings. The van der Waals surface area contributed by atoms with Crippen LogP contribution < -0.4 is 10.6 Å². The summed E-state index contributed by atoms with van der Waals surface area (Å²) in [7, 11) is 0.553. The zero-order valence-corrected chi connectivity index (χ0v) is 33.7. The molecule has 4 saturated carbocycles. The minimum atomic E-state index is -1.56. The van der Waals surface area contributed by atoms with Crippen molar-refractivity contribution in [3.63, 3.8) is 0 Å². The predicted molar refractivity (Wildman–Crippen MR) is 201 cm³/mol. The molecule has 2 saturated heterocycles. The van der Waals surface area contributed by atoms with Gasteiger partial charge in [-0.15, -0.1) is 9.24 Å². The van der Waals surface area contributed by atoms with E-state index in [4.69, 9.17) is 0 Å². The quantitative estimate of drug-likeness (QED) is 0.201. The SMILES string of the molecule is CC(C)(C)P(CC1C(C(P)(C2CCCNC2)C2CCCNC2)=CC([Si](C)(C)C)=C1[Si](C)(C)C)C1C2CC3CC(C2)CC1C3. The van der Waals surface area contributed by atoms with Gasteiger partial charge in [0.25, 0.3) is 0 Å². The molecule has 5 unspecified atom stereocenters. The summed E-state index contributed by atoms with van der Waals surface area (Å²) in [5.74, 6) is 6.38. The smallest absolute Gasteiger partial charge is 0.0770 e. The summed E-state index contributed by atoms with van der Waals surface area (Å²) in [4.78, 5) is 0. The lowest BCUT2D eigenvalue weighted by Gasteiger charge is -2.59. The van der Waals surface area contributed by atoms with Crippen molar-refractivity contribution in [3.8, 4) is 0 Å². The van der Waals surface area contributed by atoms with Crippen LogP contribution in [0.25, 0.3) is 0 Å². The molecular formula is C37H68N2P2Si2. The van der Waals surface area contributed by atoms with Gasteiger partial charge in [-0.25, -0.2) is 0 Å². The summed E-state index contributed by atoms with van der Waals surface area (Å²) >= 11 is 0. The minimum absolute atomic E-state index is 0.0778. The highest BCUT2D eigenvalue weighted by atomic mass is 31.1. The van der Waals surface area contributed by atoms with Crippen LogP contribution in [-0.4, -0.2) is 64.5 Å². The second kappa shape index (κ2) is 12.3. The Kier molecular flexibility index (Phi) is 9.60. The van der Waals surface area contributed by atoms with Crippen LogP contribution in [0.2, 0.25) is 39.3 Å². The topological polar surface area (TPSA) is 24.1 Å². The Balaban J connectivity index is 1.47. The second-order valence-electron chi connectivity index (χ2n) is 19.2. The van der Waals surface area contributed by atoms with Crippen molar-refractivity contribution in [3.05, 3.63) is 22.0 Å². The zero-order valence-electron chi connectivity index (χ0n) is 29.6. The molecule has 0 radical (unpaired) electrons. The summed E-state index contributed by atoms with van der Waals surface area (Å²) in [5, 5.41) is 12.3. The van der Waals surface area contributed by atoms with E-state index >= 15 is 0 Å². The average molecular weight is 659 g/mol. The first kappa shape index (κ1) is 33.6. The molecule has 2 N–H and O–H groups in total. The Morgan fingerprint density at radius 2 is 1.30 bits per heavy atom. The summed E-state index contributed by atoms with van der Waals surface area (Å²) in [6, 6.07) is 0. The van der Waals surface area contributed by atoms with Crippen molar-refractivity contribution in [1.82, 2.24) is 10.6 Å². The molecule has 4 bridgehead atoms. The molecule has 0 amide bonds. The van der Waals surface area contributed by atoms with Crippen LogP contribution in [-0.2, 0) is 0 Å². The fourth-order valence-electron chi connectivity index (χ4n) is 11.6. The van der Waals surface area contributed by atoms with Crippen LogP contribution in [0.4, 0.5) is 0 Å². The van der Waals surface area contributed by atoms with Gasteiger partial charge in [-0.1, -0.05) is 90.0 Å². The molecule has 2 nitrogen and oxygen atoms in total. The van der Waals surface area contributed by atoms with Gasteiger partial charge in [0.05, 0.1) is 16.1 Å². The highest BCUT2D eigenvalue weighted by molar-refractivity contribution is 7.60. The number of rotatable bonds is 8. The molecule has 5 aliphatic carbocycles. The second-order valence-corrected chi connectivity index (χ2v) is 33.5. The van der Waals surface area contributed by atoms with Crippen LogP contribution >= 0.6 is 17.2 Å². The lowest BCUT2D eigenvalue weighted by molar-refractivity contribution is 0.0242. The van der Waals surface area contributed by atoms with Crippen molar-refractivity contribution < 1.29 is 0 Å². The molecule has 244 valence electrons. The zero-order chi connectivity index (χ0) is 30.9. The van der Waals surface area contributed by atoms with E-state index in [1.807, 2.05) is 16.0 Å². The van der Waals surface area contributed by atoms with E-state index in [0.717, 1.165) is 41.2 Å². The molecule has 43 heavy (non-hydrogen) atoms. The van der Waals surface area contributed by atoms with E-state index < -0.39 is 16.1 Å². The third kappa shape index (κ3) is 6.45. The predicted octanol–water partition coefficient (Wildman–Crippen LogP) is 9.31. The molecule has 2 aliphatic heterocycles. The number of piperidine rings is 2. The van der Waals surface area contributed by atoms with E-state index in [-0.39, 0.29) is 13.1 Å². The van der Waals surface area contributed by atoms with Gasteiger partial charge in [-0.3, -0.25) is 0 Å². The molecule has 0 aromatic carbocycles. The van der Waals surface area contributed by atoms with E-state index in [1.54, 1.807) is 32.1 Å². The Morgan fingerprint density at radius 1 is 0.791 bits per heavy atom. The molecular weight excluding hydrogens is 591 g/mol. The van der Waals surface area contributed by atoms with E-state index in [0.29, 0.717) is 11.1 Å². The fraction of sp³-hybridized carbons (Fsp3) is 0.892. The maximum Gasteiger partial charge on any atom is 0.0770 e. The third-order valence-corrected chi connectivity index (χ3v) is 23.0. The fourth-order valence-corrected chi connectivity index (χ4v) is 22.6. The summed E-state index contributed by atoms with van der Waals surface area (Å²) < 4.78 is 0. The van der Waals surface area contributed by atoms with Crippen LogP contribution in [0.3, 0.4) is 0 Å². The molecule has 5 atom stereocenters. The molecule has 2 heterocycles. The van der Waals surface area contributed by atoms with Crippen molar-refractivity contribution in [2.45, 2.75) is 134 Å². The lowest BCUT2D eigenvalue weighted by Crippen LogP contribution is -2.54. The number of hydrogen-bond donors (Lipinski definition) is 2. The average Bonchev–Trinajstić information content (AvgIpc) is 3.33. The maximum absolute atomic E-state index is 3.90. The van der Waals surface area contributed by atoms with Gasteiger partial charge in [0.15, 0.2) is 0 Å². The van der Waals surface area contributed by atoms with E-state index in [9.17, 15) is 0 Å². The Labute approximate surface area is 272 Å². The first-order chi connectivity index (χ1) is 20.1. The van der Waals surface area contributed by atoms with Crippen LogP contribution in [0, 0.1) is 41.4 Å². The van der Waals surface area contributed by atoms with Gasteiger partial charge in [-0.2, -0.15) is 0 Å². The largest absolute Gasteiger partial charge is 0.316 e. The van der Waals surface area contributed by atoms with Crippen molar-refractivity contribution in [2.24, 2.45) is 41.4 Å². The first-order valence-corrected chi connectivity index (χ1v) is 27.7. The van der Waals surface area contributed by atoms with Crippen LogP contribution in [0.5, 0.6) is 0 Å². The van der Waals surface area contributed by atoms with Gasteiger partial charge in [-0.05, 0) is 136 Å². The highest BCUT2D eigenvalue weighted by Crippen LogP contribution is 2.69. The standard InChI is InChI=1S/C37H68N2P2Si2/c1-36(2,3)41(34-27-17-25-16-26(19-27)20-28(34)18-25)24-31-32(21-33(42(4,5)6)35(31)43(7,8)9)37(40,29-12-10-14-38-22-29)30-13-11-15-39-23-30/h21,25-31,34,38-39H,10-20,22-24,40H2,1-9H3. The van der Waals surface area contributed by atoms with Gasteiger partial charge in [0.1, 0.15) is 0 Å². The maximum atomic E-state index is 3.90. The van der Waals surface area contributed by atoms with Gasteiger partial charge < -0.3 is 10.6 Å². The summed E-state index contributed by atoms with van der Waals surface area (Å²) in [6.07, 6.45) is 17.8. The number of allylic oxidation sites excluding steroid dienone is 4. The number of hydrogen-bond acceptors (Lipinski definition) is 2.